The van der Waals surface area contributed by atoms with Crippen molar-refractivity contribution in [2.75, 3.05) is 18.1 Å². The summed E-state index contributed by atoms with van der Waals surface area (Å²) in [6.07, 6.45) is -1.45. The van der Waals surface area contributed by atoms with Gasteiger partial charge in [0.25, 0.3) is 5.91 Å². The average molecular weight is 724 g/mol. The van der Waals surface area contributed by atoms with Gasteiger partial charge in [-0.05, 0) is 94.9 Å². The molecule has 1 aliphatic rings. The highest BCUT2D eigenvalue weighted by molar-refractivity contribution is 14.1. The molecule has 3 aromatic carbocycles. The van der Waals surface area contributed by atoms with Crippen LogP contribution in [0.15, 0.2) is 77.7 Å². The first kappa shape index (κ1) is 31.2. The van der Waals surface area contributed by atoms with Gasteiger partial charge in [-0.1, -0.05) is 42.5 Å². The maximum Gasteiger partial charge on any atom is 0.436 e. The predicted octanol–water partition coefficient (Wildman–Crippen LogP) is 5.70. The fraction of sp³-hybridized carbons (Fsp3) is 0.267. The van der Waals surface area contributed by atoms with Gasteiger partial charge in [0, 0.05) is 18.5 Å². The fourth-order valence-electron chi connectivity index (χ4n) is 4.83. The molecule has 1 unspecified atom stereocenters. The van der Waals surface area contributed by atoms with Crippen molar-refractivity contribution in [1.82, 2.24) is 15.1 Å². The maximum atomic E-state index is 13.9. The van der Waals surface area contributed by atoms with Crippen LogP contribution in [0.3, 0.4) is 0 Å². The zero-order valence-electron chi connectivity index (χ0n) is 23.0. The van der Waals surface area contributed by atoms with Gasteiger partial charge in [-0.15, -0.1) is 0 Å². The minimum Gasteiger partial charge on any atom is -0.326 e. The Balaban J connectivity index is 1.53. The molecule has 1 aromatic heterocycles. The number of sulfone groups is 1. The molecule has 13 heteroatoms. The third kappa shape index (κ3) is 7.11. The molecule has 226 valence electrons. The van der Waals surface area contributed by atoms with Crippen molar-refractivity contribution in [3.8, 4) is 5.69 Å². The van der Waals surface area contributed by atoms with Gasteiger partial charge in [-0.2, -0.15) is 18.3 Å². The number of halogens is 4. The van der Waals surface area contributed by atoms with Crippen molar-refractivity contribution in [2.24, 2.45) is 11.7 Å². The Bertz CT molecular complexity index is 1770. The smallest absolute Gasteiger partial charge is 0.326 e. The molecule has 1 saturated carbocycles. The molecule has 0 spiro atoms. The minimum absolute atomic E-state index is 0.158. The quantitative estimate of drug-likeness (QED) is 0.181. The van der Waals surface area contributed by atoms with Gasteiger partial charge in [-0.3, -0.25) is 4.79 Å². The summed E-state index contributed by atoms with van der Waals surface area (Å²) in [6, 6.07) is 19.5. The first-order chi connectivity index (χ1) is 20.4. The van der Waals surface area contributed by atoms with E-state index >= 15 is 0 Å². The molecule has 1 amide bonds. The summed E-state index contributed by atoms with van der Waals surface area (Å²) in [6.45, 7) is 0.837. The number of rotatable bonds is 10. The SMILES string of the molecule is CS(=O)(=O)c1ccccc1C(NCC1CC1)c1cccc(NC(=O)c2c(I)c(C(F)(F)F)nn2-c2cccc(CN)c2)c1. The van der Waals surface area contributed by atoms with Crippen LogP contribution in [-0.4, -0.2) is 36.9 Å². The van der Waals surface area contributed by atoms with E-state index in [0.717, 1.165) is 23.8 Å². The van der Waals surface area contributed by atoms with Crippen LogP contribution in [0.5, 0.6) is 0 Å². The molecule has 1 aliphatic carbocycles. The van der Waals surface area contributed by atoms with Crippen LogP contribution in [0.1, 0.15) is 51.8 Å². The molecule has 5 rings (SSSR count). The summed E-state index contributed by atoms with van der Waals surface area (Å²) >= 11 is 1.49. The van der Waals surface area contributed by atoms with Crippen LogP contribution in [0.4, 0.5) is 18.9 Å². The van der Waals surface area contributed by atoms with E-state index in [9.17, 15) is 26.4 Å². The second kappa shape index (κ2) is 12.4. The highest BCUT2D eigenvalue weighted by Gasteiger charge is 2.40. The molecule has 0 bridgehead atoms. The number of nitrogens with two attached hydrogens (primary N) is 1. The van der Waals surface area contributed by atoms with Crippen LogP contribution in [0, 0.1) is 9.49 Å². The zero-order valence-corrected chi connectivity index (χ0v) is 26.0. The number of carbonyl (C=O) groups is 1. The zero-order chi connectivity index (χ0) is 30.9. The lowest BCUT2D eigenvalue weighted by Crippen LogP contribution is -2.26. The topological polar surface area (TPSA) is 119 Å². The van der Waals surface area contributed by atoms with E-state index < -0.39 is 33.7 Å². The van der Waals surface area contributed by atoms with E-state index in [-0.39, 0.29) is 26.4 Å². The molecule has 1 heterocycles. The maximum absolute atomic E-state index is 13.9. The lowest BCUT2D eigenvalue weighted by Gasteiger charge is -2.23. The van der Waals surface area contributed by atoms with E-state index in [1.165, 1.54) is 22.6 Å². The van der Waals surface area contributed by atoms with E-state index in [2.05, 4.69) is 15.7 Å². The lowest BCUT2D eigenvalue weighted by molar-refractivity contribution is -0.142. The normalized spacial score (nSPS) is 14.5. The van der Waals surface area contributed by atoms with Crippen LogP contribution < -0.4 is 16.4 Å². The van der Waals surface area contributed by atoms with Crippen molar-refractivity contribution in [1.29, 1.82) is 0 Å². The summed E-state index contributed by atoms with van der Waals surface area (Å²) in [5, 5.41) is 9.98. The van der Waals surface area contributed by atoms with Crippen LogP contribution in [0.2, 0.25) is 0 Å². The number of hydrogen-bond acceptors (Lipinski definition) is 6. The standard InChI is InChI=1S/C30H29F3IN5O3S/c1-43(41,42)24-11-3-2-10-23(24)26(36-17-18-12-13-18)20-7-5-8-21(15-20)37-29(40)27-25(34)28(30(31,32)33)38-39(27)22-9-4-6-19(14-22)16-35/h2-11,14-15,18,26,36H,12-13,16-17,35H2,1H3,(H,37,40). The minimum atomic E-state index is -4.78. The second-order valence-electron chi connectivity index (χ2n) is 10.5. The molecule has 4 N–H and O–H groups in total. The Morgan fingerprint density at radius 3 is 2.49 bits per heavy atom. The van der Waals surface area contributed by atoms with Gasteiger partial charge in [0.15, 0.2) is 15.5 Å². The molecule has 43 heavy (non-hydrogen) atoms. The largest absolute Gasteiger partial charge is 0.436 e. The number of anilines is 1. The van der Waals surface area contributed by atoms with Crippen LogP contribution >= 0.6 is 22.6 Å². The van der Waals surface area contributed by atoms with Crippen molar-refractivity contribution in [3.63, 3.8) is 0 Å². The average Bonchev–Trinajstić information content (AvgIpc) is 3.72. The van der Waals surface area contributed by atoms with E-state index in [4.69, 9.17) is 5.73 Å². The van der Waals surface area contributed by atoms with Crippen LogP contribution in [0.25, 0.3) is 5.69 Å². The molecule has 0 saturated heterocycles. The molecule has 0 radical (unpaired) electrons. The molecule has 0 aliphatic heterocycles. The molecule has 1 fully saturated rings. The lowest BCUT2D eigenvalue weighted by atomic mass is 9.97. The second-order valence-corrected chi connectivity index (χ2v) is 13.5. The third-order valence-corrected chi connectivity index (χ3v) is 9.31. The number of aromatic nitrogens is 2. The number of nitrogens with one attached hydrogen (secondary N) is 2. The fourth-order valence-corrected chi connectivity index (χ4v) is 6.66. The van der Waals surface area contributed by atoms with Crippen molar-refractivity contribution >= 4 is 44.0 Å². The van der Waals surface area contributed by atoms with Crippen LogP contribution in [-0.2, 0) is 22.6 Å². The summed E-state index contributed by atoms with van der Waals surface area (Å²) in [5.74, 6) is -0.291. The number of nitrogens with zero attached hydrogens (tertiary/aromatic N) is 2. The molecule has 1 atom stereocenters. The van der Waals surface area contributed by atoms with Crippen molar-refractivity contribution in [2.45, 2.75) is 36.5 Å². The molecule has 8 nitrogen and oxygen atoms in total. The van der Waals surface area contributed by atoms with E-state index in [1.807, 2.05) is 6.07 Å². The Hall–Kier alpha value is -3.27. The Kier molecular flexibility index (Phi) is 8.97. The Morgan fingerprint density at radius 2 is 1.81 bits per heavy atom. The number of benzene rings is 3. The van der Waals surface area contributed by atoms with E-state index in [1.54, 1.807) is 66.7 Å². The van der Waals surface area contributed by atoms with Gasteiger partial charge in [0.05, 0.1) is 20.2 Å². The van der Waals surface area contributed by atoms with E-state index in [0.29, 0.717) is 34.8 Å². The van der Waals surface area contributed by atoms with Crippen molar-refractivity contribution < 1.29 is 26.4 Å². The molecular formula is C30H29F3IN5O3S. The number of hydrogen-bond donors (Lipinski definition) is 3. The highest BCUT2D eigenvalue weighted by atomic mass is 127. The van der Waals surface area contributed by atoms with Gasteiger partial charge in [0.2, 0.25) is 0 Å². The summed E-state index contributed by atoms with van der Waals surface area (Å²) in [5.41, 5.74) is 6.77. The summed E-state index contributed by atoms with van der Waals surface area (Å²) in [7, 11) is -3.55. The van der Waals surface area contributed by atoms with Gasteiger partial charge >= 0.3 is 6.18 Å². The summed E-state index contributed by atoms with van der Waals surface area (Å²) in [4.78, 5) is 13.8. The first-order valence-electron chi connectivity index (χ1n) is 13.5. The Labute approximate surface area is 260 Å². The summed E-state index contributed by atoms with van der Waals surface area (Å²) < 4.78 is 67.5. The molecule has 4 aromatic rings. The number of carbonyl (C=O) groups excluding carboxylic acids is 1. The molecular weight excluding hydrogens is 694 g/mol. The highest BCUT2D eigenvalue weighted by Crippen LogP contribution is 2.36. The Morgan fingerprint density at radius 1 is 1.09 bits per heavy atom. The van der Waals surface area contributed by atoms with Gasteiger partial charge in [-0.25, -0.2) is 13.1 Å². The van der Waals surface area contributed by atoms with Gasteiger partial charge < -0.3 is 16.4 Å². The van der Waals surface area contributed by atoms with Crippen molar-refractivity contribution in [3.05, 3.63) is 104 Å². The third-order valence-electron chi connectivity index (χ3n) is 7.12. The predicted molar refractivity (Wildman–Crippen MR) is 166 cm³/mol. The van der Waals surface area contributed by atoms with Gasteiger partial charge in [0.1, 0.15) is 5.69 Å². The number of alkyl halides is 3. The number of amides is 1. The first-order valence-corrected chi connectivity index (χ1v) is 16.4. The monoisotopic (exact) mass is 723 g/mol.